The van der Waals surface area contributed by atoms with E-state index in [1.165, 1.54) is 0 Å². The second-order valence-corrected chi connectivity index (χ2v) is 7.16. The molecule has 0 saturated carbocycles. The fraction of sp³-hybridized carbons (Fsp3) is 0.286. The van der Waals surface area contributed by atoms with Gasteiger partial charge in [-0.1, -0.05) is 23.7 Å². The van der Waals surface area contributed by atoms with E-state index in [4.69, 9.17) is 16.0 Å². The molecule has 0 spiro atoms. The maximum Gasteiger partial charge on any atom is 0.256 e. The Balaban J connectivity index is 1.53. The number of pyridine rings is 1. The molecule has 2 aromatic heterocycles. The summed E-state index contributed by atoms with van der Waals surface area (Å²) >= 11 is 5.94. The monoisotopic (exact) mass is 381 g/mol. The second kappa shape index (κ2) is 7.92. The van der Waals surface area contributed by atoms with Crippen LogP contribution in [-0.4, -0.2) is 27.3 Å². The Bertz CT molecular complexity index is 909. The molecule has 6 heteroatoms. The van der Waals surface area contributed by atoms with E-state index in [1.54, 1.807) is 30.7 Å². The van der Waals surface area contributed by atoms with E-state index in [-0.39, 0.29) is 11.9 Å². The predicted octanol–water partition coefficient (Wildman–Crippen LogP) is 4.68. The van der Waals surface area contributed by atoms with Crippen LogP contribution in [0.15, 0.2) is 59.4 Å². The Kier molecular flexibility index (Phi) is 5.21. The summed E-state index contributed by atoms with van der Waals surface area (Å²) < 4.78 is 6.02. The molecule has 1 atom stereocenters. The third-order valence-electron chi connectivity index (χ3n) is 4.82. The van der Waals surface area contributed by atoms with Gasteiger partial charge < -0.3 is 9.32 Å². The Labute approximate surface area is 163 Å². The number of amides is 1. The van der Waals surface area contributed by atoms with Crippen molar-refractivity contribution in [2.45, 2.75) is 31.7 Å². The first kappa shape index (κ1) is 17.7. The molecule has 0 aliphatic carbocycles. The highest BCUT2D eigenvalue weighted by atomic mass is 35.5. The summed E-state index contributed by atoms with van der Waals surface area (Å²) in [5.74, 6) is 1.37. The van der Waals surface area contributed by atoms with Crippen molar-refractivity contribution in [2.75, 3.05) is 6.54 Å². The smallest absolute Gasteiger partial charge is 0.256 e. The average Bonchev–Trinajstić information content (AvgIpc) is 3.18. The van der Waals surface area contributed by atoms with Gasteiger partial charge in [-0.05, 0) is 49.1 Å². The lowest BCUT2D eigenvalue weighted by atomic mass is 10.0. The van der Waals surface area contributed by atoms with Gasteiger partial charge in [-0.3, -0.25) is 9.78 Å². The van der Waals surface area contributed by atoms with Crippen molar-refractivity contribution in [3.05, 3.63) is 82.8 Å². The summed E-state index contributed by atoms with van der Waals surface area (Å²) in [4.78, 5) is 23.3. The number of hydrogen-bond donors (Lipinski definition) is 0. The number of benzene rings is 1. The Hall–Kier alpha value is -2.66. The molecule has 1 fully saturated rings. The summed E-state index contributed by atoms with van der Waals surface area (Å²) in [6.45, 7) is 0.702. The molecule has 1 saturated heterocycles. The molecular formula is C21H20ClN3O2. The van der Waals surface area contributed by atoms with Crippen molar-refractivity contribution in [1.29, 1.82) is 0 Å². The predicted molar refractivity (Wildman–Crippen MR) is 103 cm³/mol. The maximum atomic E-state index is 12.9. The number of carbonyl (C=O) groups is 1. The molecule has 1 amide bonds. The van der Waals surface area contributed by atoms with E-state index in [0.29, 0.717) is 29.4 Å². The van der Waals surface area contributed by atoms with E-state index >= 15 is 0 Å². The molecule has 138 valence electrons. The number of piperidine rings is 1. The lowest BCUT2D eigenvalue weighted by Crippen LogP contribution is -2.38. The fourth-order valence-corrected chi connectivity index (χ4v) is 3.57. The number of nitrogens with zero attached hydrogens (tertiary/aromatic N) is 3. The average molecular weight is 382 g/mol. The van der Waals surface area contributed by atoms with Gasteiger partial charge in [0.15, 0.2) is 0 Å². The summed E-state index contributed by atoms with van der Waals surface area (Å²) in [5, 5.41) is 0.712. The summed E-state index contributed by atoms with van der Waals surface area (Å²) in [5.41, 5.74) is 1.70. The van der Waals surface area contributed by atoms with Gasteiger partial charge in [0.05, 0.1) is 11.8 Å². The second-order valence-electron chi connectivity index (χ2n) is 6.72. The van der Waals surface area contributed by atoms with Crippen LogP contribution in [0.4, 0.5) is 0 Å². The molecule has 0 N–H and O–H groups in total. The van der Waals surface area contributed by atoms with Crippen molar-refractivity contribution < 1.29 is 9.21 Å². The first-order chi connectivity index (χ1) is 13.2. The van der Waals surface area contributed by atoms with Crippen LogP contribution in [0.25, 0.3) is 0 Å². The van der Waals surface area contributed by atoms with Gasteiger partial charge in [0, 0.05) is 30.4 Å². The molecule has 3 heterocycles. The molecule has 4 rings (SSSR count). The zero-order chi connectivity index (χ0) is 18.6. The topological polar surface area (TPSA) is 59.2 Å². The number of halogens is 1. The highest BCUT2D eigenvalue weighted by Crippen LogP contribution is 2.32. The minimum atomic E-state index is -0.134. The zero-order valence-electron chi connectivity index (χ0n) is 14.8. The van der Waals surface area contributed by atoms with Gasteiger partial charge in [-0.2, -0.15) is 0 Å². The molecule has 0 bridgehead atoms. The van der Waals surface area contributed by atoms with Crippen LogP contribution in [-0.2, 0) is 6.42 Å². The first-order valence-electron chi connectivity index (χ1n) is 9.11. The molecule has 0 radical (unpaired) electrons. The van der Waals surface area contributed by atoms with E-state index in [2.05, 4.69) is 9.97 Å². The minimum Gasteiger partial charge on any atom is -0.443 e. The van der Waals surface area contributed by atoms with E-state index in [0.717, 1.165) is 30.6 Å². The van der Waals surface area contributed by atoms with Crippen molar-refractivity contribution in [3.63, 3.8) is 0 Å². The van der Waals surface area contributed by atoms with E-state index < -0.39 is 0 Å². The number of likely N-dealkylation sites (tertiary alicyclic amines) is 1. The van der Waals surface area contributed by atoms with Crippen molar-refractivity contribution in [2.24, 2.45) is 0 Å². The van der Waals surface area contributed by atoms with Crippen molar-refractivity contribution in [1.82, 2.24) is 14.9 Å². The third kappa shape index (κ3) is 4.03. The van der Waals surface area contributed by atoms with Crippen molar-refractivity contribution >= 4 is 17.5 Å². The maximum absolute atomic E-state index is 12.9. The van der Waals surface area contributed by atoms with Crippen LogP contribution in [0, 0.1) is 0 Å². The van der Waals surface area contributed by atoms with Crippen LogP contribution in [0.5, 0.6) is 0 Å². The van der Waals surface area contributed by atoms with Crippen LogP contribution < -0.4 is 0 Å². The quantitative estimate of drug-likeness (QED) is 0.658. The summed E-state index contributed by atoms with van der Waals surface area (Å²) in [6, 6.07) is 11.1. The van der Waals surface area contributed by atoms with Crippen molar-refractivity contribution in [3.8, 4) is 0 Å². The van der Waals surface area contributed by atoms with Gasteiger partial charge in [0.2, 0.25) is 5.89 Å². The van der Waals surface area contributed by atoms with Crippen LogP contribution in [0.2, 0.25) is 5.02 Å². The summed E-state index contributed by atoms with van der Waals surface area (Å²) in [7, 11) is 0. The zero-order valence-corrected chi connectivity index (χ0v) is 15.6. The lowest BCUT2D eigenvalue weighted by molar-refractivity contribution is 0.0569. The molecule has 1 aliphatic rings. The SMILES string of the molecule is O=C(c1cccnc1)N1CCCCC1c1ncc(Cc2ccc(Cl)cc2)o1. The molecule has 27 heavy (non-hydrogen) atoms. The largest absolute Gasteiger partial charge is 0.443 e. The Morgan fingerprint density at radius 3 is 2.81 bits per heavy atom. The van der Waals surface area contributed by atoms with Gasteiger partial charge >= 0.3 is 0 Å². The molecule has 1 aliphatic heterocycles. The van der Waals surface area contributed by atoms with Gasteiger partial charge in [-0.25, -0.2) is 4.98 Å². The molecular weight excluding hydrogens is 362 g/mol. The molecule has 5 nitrogen and oxygen atoms in total. The van der Waals surface area contributed by atoms with Gasteiger partial charge in [0.1, 0.15) is 11.8 Å². The molecule has 3 aromatic rings. The number of carbonyl (C=O) groups excluding carboxylic acids is 1. The molecule has 1 aromatic carbocycles. The number of rotatable bonds is 4. The number of hydrogen-bond acceptors (Lipinski definition) is 4. The number of aromatic nitrogens is 2. The van der Waals surface area contributed by atoms with Crippen LogP contribution in [0.1, 0.15) is 52.9 Å². The lowest BCUT2D eigenvalue weighted by Gasteiger charge is -2.33. The highest BCUT2D eigenvalue weighted by molar-refractivity contribution is 6.30. The fourth-order valence-electron chi connectivity index (χ4n) is 3.45. The third-order valence-corrected chi connectivity index (χ3v) is 5.07. The van der Waals surface area contributed by atoms with E-state index in [1.807, 2.05) is 29.2 Å². The highest BCUT2D eigenvalue weighted by Gasteiger charge is 2.32. The molecule has 1 unspecified atom stereocenters. The van der Waals surface area contributed by atoms with Crippen LogP contribution >= 0.6 is 11.6 Å². The van der Waals surface area contributed by atoms with Gasteiger partial charge in [-0.15, -0.1) is 0 Å². The minimum absolute atomic E-state index is 0.0229. The van der Waals surface area contributed by atoms with Crippen LogP contribution in [0.3, 0.4) is 0 Å². The number of oxazole rings is 1. The normalized spacial score (nSPS) is 17.1. The first-order valence-corrected chi connectivity index (χ1v) is 9.48. The Morgan fingerprint density at radius 1 is 1.19 bits per heavy atom. The standard InChI is InChI=1S/C21H20ClN3O2/c22-17-8-6-15(7-9-17)12-18-14-24-20(27-18)19-5-1-2-11-25(19)21(26)16-4-3-10-23-13-16/h3-4,6-10,13-14,19H,1-2,5,11-12H2. The van der Waals surface area contributed by atoms with E-state index in [9.17, 15) is 4.79 Å². The summed E-state index contributed by atoms with van der Waals surface area (Å²) in [6.07, 6.45) is 8.57. The Morgan fingerprint density at radius 2 is 2.04 bits per heavy atom. The van der Waals surface area contributed by atoms with Gasteiger partial charge in [0.25, 0.3) is 5.91 Å².